The number of carbonyl (C=O) groups excluding carboxylic acids is 2. The van der Waals surface area contributed by atoms with Crippen LogP contribution in [-0.4, -0.2) is 31.6 Å². The molecule has 0 radical (unpaired) electrons. The molecule has 1 aromatic carbocycles. The van der Waals surface area contributed by atoms with E-state index in [-0.39, 0.29) is 18.2 Å². The lowest BCUT2D eigenvalue weighted by Gasteiger charge is -2.23. The standard InChI is InChI=1S/C20H32N2O4/c1-6-25-13-10-18(23)21-22-19(24)20(4,5)11-7-12-26-17-14-15(2)8-9-16(17)3/h8-9,14H,6-7,10-13H2,1-5H3,(H,21,23)(H,22,24). The van der Waals surface area contributed by atoms with Crippen molar-refractivity contribution in [3.63, 3.8) is 0 Å². The van der Waals surface area contributed by atoms with E-state index in [1.54, 1.807) is 0 Å². The van der Waals surface area contributed by atoms with Crippen molar-refractivity contribution in [2.75, 3.05) is 19.8 Å². The van der Waals surface area contributed by atoms with E-state index in [1.165, 1.54) is 0 Å². The van der Waals surface area contributed by atoms with E-state index in [0.717, 1.165) is 23.3 Å². The molecule has 0 heterocycles. The quantitative estimate of drug-likeness (QED) is 0.494. The number of rotatable bonds is 10. The molecule has 1 aromatic rings. The van der Waals surface area contributed by atoms with Crippen LogP contribution in [0.5, 0.6) is 5.75 Å². The van der Waals surface area contributed by atoms with Crippen molar-refractivity contribution >= 4 is 11.8 Å². The number of hydrogen-bond acceptors (Lipinski definition) is 4. The Kier molecular flexibility index (Phi) is 9.13. The van der Waals surface area contributed by atoms with E-state index >= 15 is 0 Å². The number of amides is 2. The van der Waals surface area contributed by atoms with Crippen LogP contribution < -0.4 is 15.6 Å². The third-order valence-electron chi connectivity index (χ3n) is 4.16. The molecule has 0 atom stereocenters. The van der Waals surface area contributed by atoms with E-state index < -0.39 is 5.41 Å². The van der Waals surface area contributed by atoms with Crippen LogP contribution in [0.15, 0.2) is 18.2 Å². The van der Waals surface area contributed by atoms with Crippen LogP contribution in [0.25, 0.3) is 0 Å². The average molecular weight is 364 g/mol. The maximum Gasteiger partial charge on any atom is 0.244 e. The molecule has 1 rings (SSSR count). The number of ether oxygens (including phenoxy) is 2. The van der Waals surface area contributed by atoms with Gasteiger partial charge in [0.2, 0.25) is 11.8 Å². The normalized spacial score (nSPS) is 11.1. The predicted octanol–water partition coefficient (Wildman–Crippen LogP) is 3.06. The third kappa shape index (κ3) is 7.87. The first kappa shape index (κ1) is 22.0. The summed E-state index contributed by atoms with van der Waals surface area (Å²) in [5.41, 5.74) is 6.58. The highest BCUT2D eigenvalue weighted by atomic mass is 16.5. The number of hydrogen-bond donors (Lipinski definition) is 2. The van der Waals surface area contributed by atoms with Crippen molar-refractivity contribution in [2.24, 2.45) is 5.41 Å². The number of nitrogens with one attached hydrogen (secondary N) is 2. The SMILES string of the molecule is CCOCCC(=O)NNC(=O)C(C)(C)CCCOc1cc(C)ccc1C. The summed E-state index contributed by atoms with van der Waals surface area (Å²) in [5, 5.41) is 0. The zero-order valence-electron chi connectivity index (χ0n) is 16.6. The molecule has 0 saturated carbocycles. The van der Waals surface area contributed by atoms with Gasteiger partial charge in [-0.25, -0.2) is 0 Å². The molecule has 0 aliphatic heterocycles. The van der Waals surface area contributed by atoms with E-state index in [4.69, 9.17) is 9.47 Å². The second kappa shape index (κ2) is 10.8. The first-order chi connectivity index (χ1) is 12.3. The Balaban J connectivity index is 2.32. The summed E-state index contributed by atoms with van der Waals surface area (Å²) in [5.74, 6) is 0.406. The first-order valence-electron chi connectivity index (χ1n) is 9.13. The lowest BCUT2D eigenvalue weighted by Crippen LogP contribution is -2.47. The highest BCUT2D eigenvalue weighted by Crippen LogP contribution is 2.24. The van der Waals surface area contributed by atoms with Gasteiger partial charge in [0, 0.05) is 12.0 Å². The summed E-state index contributed by atoms with van der Waals surface area (Å²) in [4.78, 5) is 23.9. The van der Waals surface area contributed by atoms with Gasteiger partial charge < -0.3 is 9.47 Å². The molecule has 0 aliphatic carbocycles. The van der Waals surface area contributed by atoms with Crippen molar-refractivity contribution in [1.82, 2.24) is 10.9 Å². The zero-order valence-corrected chi connectivity index (χ0v) is 16.6. The van der Waals surface area contributed by atoms with Crippen molar-refractivity contribution in [3.8, 4) is 5.75 Å². The highest BCUT2D eigenvalue weighted by molar-refractivity contribution is 5.85. The van der Waals surface area contributed by atoms with Crippen LogP contribution in [0.4, 0.5) is 0 Å². The van der Waals surface area contributed by atoms with Crippen LogP contribution >= 0.6 is 0 Å². The van der Waals surface area contributed by atoms with Crippen LogP contribution in [-0.2, 0) is 14.3 Å². The maximum atomic E-state index is 12.3. The average Bonchev–Trinajstić information content (AvgIpc) is 2.59. The van der Waals surface area contributed by atoms with Gasteiger partial charge in [-0.1, -0.05) is 26.0 Å². The number of aryl methyl sites for hydroxylation is 2. The van der Waals surface area contributed by atoms with Gasteiger partial charge in [-0.05, 0) is 50.8 Å². The number of benzene rings is 1. The summed E-state index contributed by atoms with van der Waals surface area (Å²) in [6.45, 7) is 11.1. The van der Waals surface area contributed by atoms with Crippen molar-refractivity contribution in [3.05, 3.63) is 29.3 Å². The van der Waals surface area contributed by atoms with E-state index in [1.807, 2.05) is 46.8 Å². The Morgan fingerprint density at radius 1 is 1.12 bits per heavy atom. The topological polar surface area (TPSA) is 76.7 Å². The van der Waals surface area contributed by atoms with Crippen LogP contribution in [0, 0.1) is 19.3 Å². The molecule has 6 nitrogen and oxygen atoms in total. The fraction of sp³-hybridized carbons (Fsp3) is 0.600. The molecule has 0 bridgehead atoms. The maximum absolute atomic E-state index is 12.3. The zero-order chi connectivity index (χ0) is 19.6. The summed E-state index contributed by atoms with van der Waals surface area (Å²) < 4.78 is 10.9. The molecule has 0 unspecified atom stereocenters. The Morgan fingerprint density at radius 2 is 1.85 bits per heavy atom. The Hall–Kier alpha value is -2.08. The lowest BCUT2D eigenvalue weighted by atomic mass is 9.87. The molecule has 2 N–H and O–H groups in total. The summed E-state index contributed by atoms with van der Waals surface area (Å²) in [6.07, 6.45) is 1.61. The largest absolute Gasteiger partial charge is 0.493 e. The molecule has 6 heteroatoms. The molecule has 0 spiro atoms. The van der Waals surface area contributed by atoms with E-state index in [0.29, 0.717) is 26.2 Å². The van der Waals surface area contributed by atoms with Gasteiger partial charge in [-0.2, -0.15) is 0 Å². The van der Waals surface area contributed by atoms with Gasteiger partial charge in [-0.15, -0.1) is 0 Å². The third-order valence-corrected chi connectivity index (χ3v) is 4.16. The number of hydrazine groups is 1. The van der Waals surface area contributed by atoms with E-state index in [9.17, 15) is 9.59 Å². The second-order valence-electron chi connectivity index (χ2n) is 7.05. The van der Waals surface area contributed by atoms with Crippen molar-refractivity contribution in [2.45, 2.75) is 53.9 Å². The Bertz CT molecular complexity index is 599. The minimum absolute atomic E-state index is 0.214. The molecule has 2 amide bonds. The smallest absolute Gasteiger partial charge is 0.244 e. The molecular weight excluding hydrogens is 332 g/mol. The molecule has 26 heavy (non-hydrogen) atoms. The van der Waals surface area contributed by atoms with Gasteiger partial charge in [0.05, 0.1) is 19.6 Å². The lowest BCUT2D eigenvalue weighted by molar-refractivity contribution is -0.135. The van der Waals surface area contributed by atoms with Gasteiger partial charge in [0.1, 0.15) is 5.75 Å². The molecule has 0 saturated heterocycles. The van der Waals surface area contributed by atoms with Gasteiger partial charge in [-0.3, -0.25) is 20.4 Å². The monoisotopic (exact) mass is 364 g/mol. The Morgan fingerprint density at radius 3 is 2.54 bits per heavy atom. The molecule has 146 valence electrons. The first-order valence-corrected chi connectivity index (χ1v) is 9.13. The van der Waals surface area contributed by atoms with Crippen LogP contribution in [0.3, 0.4) is 0 Å². The van der Waals surface area contributed by atoms with Gasteiger partial charge in [0.25, 0.3) is 0 Å². The minimum atomic E-state index is -0.599. The summed E-state index contributed by atoms with van der Waals surface area (Å²) >= 11 is 0. The second-order valence-corrected chi connectivity index (χ2v) is 7.05. The fourth-order valence-corrected chi connectivity index (χ4v) is 2.34. The van der Waals surface area contributed by atoms with Crippen molar-refractivity contribution < 1.29 is 19.1 Å². The minimum Gasteiger partial charge on any atom is -0.493 e. The van der Waals surface area contributed by atoms with Crippen molar-refractivity contribution in [1.29, 1.82) is 0 Å². The molecular formula is C20H32N2O4. The van der Waals surface area contributed by atoms with Crippen LogP contribution in [0.1, 0.15) is 51.2 Å². The number of carbonyl (C=O) groups is 2. The molecule has 0 aliphatic rings. The summed E-state index contributed by atoms with van der Waals surface area (Å²) in [7, 11) is 0. The van der Waals surface area contributed by atoms with Gasteiger partial charge in [0.15, 0.2) is 0 Å². The molecule has 0 aromatic heterocycles. The highest BCUT2D eigenvalue weighted by Gasteiger charge is 2.27. The van der Waals surface area contributed by atoms with Gasteiger partial charge >= 0.3 is 0 Å². The summed E-state index contributed by atoms with van der Waals surface area (Å²) in [6, 6.07) is 6.11. The fourth-order valence-electron chi connectivity index (χ4n) is 2.34. The van der Waals surface area contributed by atoms with E-state index in [2.05, 4.69) is 16.9 Å². The van der Waals surface area contributed by atoms with Crippen LogP contribution in [0.2, 0.25) is 0 Å². The molecule has 0 fully saturated rings. The predicted molar refractivity (Wildman–Crippen MR) is 102 cm³/mol. The Labute approximate surface area is 156 Å².